The van der Waals surface area contributed by atoms with Gasteiger partial charge in [0.2, 0.25) is 0 Å². The van der Waals surface area contributed by atoms with Crippen LogP contribution in [0.2, 0.25) is 0 Å². The van der Waals surface area contributed by atoms with Crippen LogP contribution in [0.1, 0.15) is 29.9 Å². The van der Waals surface area contributed by atoms with E-state index in [2.05, 4.69) is 30.9 Å². The fourth-order valence-electron chi connectivity index (χ4n) is 5.11. The molecule has 1 aromatic carbocycles. The predicted molar refractivity (Wildman–Crippen MR) is 141 cm³/mol. The molecule has 10 nitrogen and oxygen atoms in total. The number of halogens is 1. The molecule has 1 aliphatic heterocycles. The van der Waals surface area contributed by atoms with Crippen LogP contribution in [0.25, 0.3) is 28.0 Å². The first-order valence-electron chi connectivity index (χ1n) is 12.4. The summed E-state index contributed by atoms with van der Waals surface area (Å²) in [6, 6.07) is 11.7. The molecule has 0 unspecified atom stereocenters. The number of pyridine rings is 1. The maximum Gasteiger partial charge on any atom is 0.276 e. The van der Waals surface area contributed by atoms with E-state index < -0.39 is 0 Å². The molecule has 194 valence electrons. The molecule has 0 spiro atoms. The lowest BCUT2D eigenvalue weighted by Crippen LogP contribution is -2.58. The van der Waals surface area contributed by atoms with Crippen LogP contribution in [-0.2, 0) is 0 Å². The minimum absolute atomic E-state index is 0.119. The lowest BCUT2D eigenvalue weighted by molar-refractivity contribution is 0.0638. The van der Waals surface area contributed by atoms with E-state index in [-0.39, 0.29) is 29.5 Å². The van der Waals surface area contributed by atoms with E-state index in [0.29, 0.717) is 52.4 Å². The first-order valence-corrected chi connectivity index (χ1v) is 12.4. The van der Waals surface area contributed by atoms with Gasteiger partial charge in [-0.2, -0.15) is 5.26 Å². The van der Waals surface area contributed by atoms with Gasteiger partial charge in [0.15, 0.2) is 17.7 Å². The fraction of sp³-hybridized carbons (Fsp3) is 0.214. The Kier molecular flexibility index (Phi) is 5.99. The Morgan fingerprint density at radius 2 is 1.92 bits per heavy atom. The Labute approximate surface area is 223 Å². The third-order valence-electron chi connectivity index (χ3n) is 7.02. The minimum Gasteiger partial charge on any atom is -0.451 e. The van der Waals surface area contributed by atoms with Gasteiger partial charge >= 0.3 is 0 Å². The highest BCUT2D eigenvalue weighted by atomic mass is 19.1. The zero-order valence-corrected chi connectivity index (χ0v) is 21.2. The number of hydrogen-bond acceptors (Lipinski definition) is 8. The van der Waals surface area contributed by atoms with Crippen LogP contribution in [0.15, 0.2) is 72.2 Å². The number of nitriles is 1. The molecule has 0 radical (unpaired) electrons. The zero-order chi connectivity index (χ0) is 27.1. The SMILES string of the molecule is C[C@@H]1CN(c2ncnc3c2c(-c2ccccc2F)cn3-c2cc(C#N)ccn2)[C@@H](C)CN1C(=O)c1cocn1. The number of hydrogen-bond donors (Lipinski definition) is 0. The molecule has 0 saturated carbocycles. The summed E-state index contributed by atoms with van der Waals surface area (Å²) in [6.07, 6.45) is 7.39. The van der Waals surface area contributed by atoms with Crippen molar-refractivity contribution in [3.63, 3.8) is 0 Å². The van der Waals surface area contributed by atoms with E-state index in [0.717, 1.165) is 0 Å². The van der Waals surface area contributed by atoms with Gasteiger partial charge in [-0.05, 0) is 32.0 Å². The summed E-state index contributed by atoms with van der Waals surface area (Å²) in [4.78, 5) is 34.6. The number of fused-ring (bicyclic) bond motifs is 1. The number of piperazine rings is 1. The Hall–Kier alpha value is -5.11. The van der Waals surface area contributed by atoms with Crippen LogP contribution < -0.4 is 4.90 Å². The Morgan fingerprint density at radius 1 is 1.08 bits per heavy atom. The summed E-state index contributed by atoms with van der Waals surface area (Å²) >= 11 is 0. The molecule has 11 heteroatoms. The van der Waals surface area contributed by atoms with Crippen molar-refractivity contribution in [1.29, 1.82) is 5.26 Å². The largest absolute Gasteiger partial charge is 0.451 e. The summed E-state index contributed by atoms with van der Waals surface area (Å²) in [7, 11) is 0. The molecule has 2 atom stereocenters. The second-order valence-corrected chi connectivity index (χ2v) is 9.48. The van der Waals surface area contributed by atoms with Crippen molar-refractivity contribution in [2.24, 2.45) is 0 Å². The van der Waals surface area contributed by atoms with E-state index >= 15 is 4.39 Å². The monoisotopic (exact) mass is 522 g/mol. The standard InChI is InChI=1S/C28H23FN8O2/c1-17-12-36(28(38)23-14-39-16-34-23)18(2)11-35(17)26-25-21(20-5-3-4-6-22(20)29)13-37(27(25)33-15-32-26)24-9-19(10-30)7-8-31-24/h3-9,13-18H,11-12H2,1-2H3/t17-,18+/m0/s1. The number of nitrogens with zero attached hydrogens (tertiary/aromatic N) is 8. The molecule has 1 saturated heterocycles. The molecule has 1 amide bonds. The maximum atomic E-state index is 15.1. The Balaban J connectivity index is 1.49. The van der Waals surface area contributed by atoms with Gasteiger partial charge in [0, 0.05) is 48.7 Å². The lowest BCUT2D eigenvalue weighted by Gasteiger charge is -2.44. The number of oxazole rings is 1. The van der Waals surface area contributed by atoms with Crippen LogP contribution in [0.3, 0.4) is 0 Å². The normalized spacial score (nSPS) is 17.4. The summed E-state index contributed by atoms with van der Waals surface area (Å²) in [5.74, 6) is 0.531. The quantitative estimate of drug-likeness (QED) is 0.344. The zero-order valence-electron chi connectivity index (χ0n) is 21.2. The van der Waals surface area contributed by atoms with Crippen molar-refractivity contribution < 1.29 is 13.6 Å². The number of benzene rings is 1. The molecule has 39 heavy (non-hydrogen) atoms. The van der Waals surface area contributed by atoms with E-state index in [4.69, 9.17) is 4.42 Å². The number of amides is 1. The maximum absolute atomic E-state index is 15.1. The molecular weight excluding hydrogens is 499 g/mol. The smallest absolute Gasteiger partial charge is 0.276 e. The number of carbonyl (C=O) groups excluding carboxylic acids is 1. The molecular formula is C28H23FN8O2. The molecule has 5 heterocycles. The number of rotatable bonds is 4. The third kappa shape index (κ3) is 4.16. The number of carbonyl (C=O) groups is 1. The van der Waals surface area contributed by atoms with Gasteiger partial charge in [0.25, 0.3) is 5.91 Å². The lowest BCUT2D eigenvalue weighted by atomic mass is 10.0. The van der Waals surface area contributed by atoms with Crippen LogP contribution >= 0.6 is 0 Å². The minimum atomic E-state index is -0.380. The van der Waals surface area contributed by atoms with E-state index in [1.54, 1.807) is 52.2 Å². The van der Waals surface area contributed by atoms with Gasteiger partial charge in [-0.25, -0.2) is 24.3 Å². The second kappa shape index (κ2) is 9.64. The molecule has 6 rings (SSSR count). The van der Waals surface area contributed by atoms with Gasteiger partial charge in [0.1, 0.15) is 30.0 Å². The van der Waals surface area contributed by atoms with E-state index in [9.17, 15) is 10.1 Å². The topological polar surface area (TPSA) is 117 Å². The first-order chi connectivity index (χ1) is 19.0. The summed E-state index contributed by atoms with van der Waals surface area (Å²) in [5.41, 5.74) is 2.23. The second-order valence-electron chi connectivity index (χ2n) is 9.48. The summed E-state index contributed by atoms with van der Waals surface area (Å²) in [6.45, 7) is 4.90. The van der Waals surface area contributed by atoms with Gasteiger partial charge in [-0.15, -0.1) is 0 Å². The van der Waals surface area contributed by atoms with Crippen molar-refractivity contribution in [3.8, 4) is 23.0 Å². The molecule has 1 aliphatic rings. The van der Waals surface area contributed by atoms with Crippen molar-refractivity contribution in [1.82, 2.24) is 29.4 Å². The van der Waals surface area contributed by atoms with Crippen LogP contribution in [-0.4, -0.2) is 60.5 Å². The molecule has 1 fully saturated rings. The summed E-state index contributed by atoms with van der Waals surface area (Å²) in [5, 5.41) is 10.1. The molecule has 0 N–H and O–H groups in total. The Bertz CT molecular complexity index is 1730. The average Bonchev–Trinajstić information content (AvgIpc) is 3.63. The highest BCUT2D eigenvalue weighted by Gasteiger charge is 2.35. The highest BCUT2D eigenvalue weighted by molar-refractivity contribution is 6.02. The van der Waals surface area contributed by atoms with Gasteiger partial charge in [0.05, 0.1) is 17.0 Å². The molecule has 0 bridgehead atoms. The molecule has 0 aliphatic carbocycles. The highest BCUT2D eigenvalue weighted by Crippen LogP contribution is 2.39. The van der Waals surface area contributed by atoms with Gasteiger partial charge in [-0.1, -0.05) is 18.2 Å². The van der Waals surface area contributed by atoms with Crippen molar-refractivity contribution >= 4 is 22.8 Å². The number of aromatic nitrogens is 5. The number of anilines is 1. The van der Waals surface area contributed by atoms with Crippen LogP contribution in [0.5, 0.6) is 0 Å². The van der Waals surface area contributed by atoms with Crippen molar-refractivity contribution in [3.05, 3.63) is 84.9 Å². The summed E-state index contributed by atoms with van der Waals surface area (Å²) < 4.78 is 21.9. The van der Waals surface area contributed by atoms with Crippen molar-refractivity contribution in [2.75, 3.05) is 18.0 Å². The third-order valence-corrected chi connectivity index (χ3v) is 7.02. The Morgan fingerprint density at radius 3 is 2.69 bits per heavy atom. The van der Waals surface area contributed by atoms with Crippen LogP contribution in [0, 0.1) is 17.1 Å². The fourth-order valence-corrected chi connectivity index (χ4v) is 5.11. The van der Waals surface area contributed by atoms with E-state index in [1.165, 1.54) is 25.1 Å². The van der Waals surface area contributed by atoms with E-state index in [1.807, 2.05) is 13.8 Å². The predicted octanol–water partition coefficient (Wildman–Crippen LogP) is 4.22. The van der Waals surface area contributed by atoms with Gasteiger partial charge < -0.3 is 14.2 Å². The first kappa shape index (κ1) is 24.2. The van der Waals surface area contributed by atoms with Crippen LogP contribution in [0.4, 0.5) is 10.2 Å². The molecule has 5 aromatic rings. The van der Waals surface area contributed by atoms with Gasteiger partial charge in [-0.3, -0.25) is 9.36 Å². The molecule has 4 aromatic heterocycles. The van der Waals surface area contributed by atoms with Crippen molar-refractivity contribution in [2.45, 2.75) is 25.9 Å². The average molecular weight is 523 g/mol.